The van der Waals surface area contributed by atoms with E-state index in [9.17, 15) is 19.5 Å². The van der Waals surface area contributed by atoms with E-state index in [1.165, 1.54) is 0 Å². The van der Waals surface area contributed by atoms with Gasteiger partial charge in [-0.25, -0.2) is 4.79 Å². The smallest absolute Gasteiger partial charge is 0.331 e. The molecule has 2 N–H and O–H groups in total. The molecule has 2 unspecified atom stereocenters. The Labute approximate surface area is 210 Å². The van der Waals surface area contributed by atoms with Crippen LogP contribution in [-0.4, -0.2) is 27.8 Å². The van der Waals surface area contributed by atoms with E-state index in [0.717, 1.165) is 12.9 Å². The number of fused-ring (bicyclic) bond motifs is 1. The molecule has 0 aliphatic carbocycles. The molecule has 9 heteroatoms. The normalized spacial score (nSPS) is 16.7. The Kier molecular flexibility index (Phi) is 6.55. The Morgan fingerprint density at radius 2 is 1.72 bits per heavy atom. The van der Waals surface area contributed by atoms with Crippen LogP contribution < -0.4 is 5.32 Å². The molecule has 0 saturated carbocycles. The molecular weight excluding hydrogens is 611 g/mol. The van der Waals surface area contributed by atoms with Crippen LogP contribution in [0.25, 0.3) is 0 Å². The van der Waals surface area contributed by atoms with E-state index in [2.05, 4.69) is 43.8 Å². The highest BCUT2D eigenvalue weighted by Crippen LogP contribution is 2.38. The molecule has 0 bridgehead atoms. The predicted octanol–water partition coefficient (Wildman–Crippen LogP) is 5.67. The number of nitrogens with one attached hydrogen (secondary N) is 1. The lowest BCUT2D eigenvalue weighted by molar-refractivity contribution is -0.144. The molecule has 4 rings (SSSR count). The molecule has 1 aliphatic rings. The first kappa shape index (κ1) is 22.8. The molecular formula is C23H15BrClIN2O4. The number of nitrogens with zero attached hydrogens (tertiary/aromatic N) is 1. The van der Waals surface area contributed by atoms with Crippen LogP contribution in [0.5, 0.6) is 0 Å². The van der Waals surface area contributed by atoms with Crippen molar-refractivity contribution in [3.63, 3.8) is 0 Å². The van der Waals surface area contributed by atoms with Gasteiger partial charge in [0.25, 0.3) is 11.8 Å². The molecule has 32 heavy (non-hydrogen) atoms. The summed E-state index contributed by atoms with van der Waals surface area (Å²) in [5.74, 6) is -2.32. The summed E-state index contributed by atoms with van der Waals surface area (Å²) in [6, 6.07) is 15.5. The van der Waals surface area contributed by atoms with E-state index in [-0.39, 0.29) is 5.56 Å². The number of rotatable bonds is 4. The third kappa shape index (κ3) is 4.39. The fraction of sp³-hybridized carbons (Fsp3) is 0.0870. The van der Waals surface area contributed by atoms with Gasteiger partial charge in [0, 0.05) is 13.1 Å². The molecule has 0 saturated heterocycles. The van der Waals surface area contributed by atoms with Crippen molar-refractivity contribution in [3.05, 3.63) is 96.5 Å². The average molecular weight is 626 g/mol. The van der Waals surface area contributed by atoms with E-state index in [1.807, 2.05) is 0 Å². The van der Waals surface area contributed by atoms with Crippen LogP contribution in [0.3, 0.4) is 0 Å². The van der Waals surface area contributed by atoms with Gasteiger partial charge in [-0.3, -0.25) is 9.59 Å². The minimum Gasteiger partial charge on any atom is -0.479 e. The summed E-state index contributed by atoms with van der Waals surface area (Å²) < 4.78 is 1.55. The lowest BCUT2D eigenvalue weighted by Crippen LogP contribution is -2.44. The van der Waals surface area contributed by atoms with Crippen LogP contribution in [0, 0.1) is 3.57 Å². The number of aliphatic carboxylic acids is 1. The molecule has 2 amide bonds. The van der Waals surface area contributed by atoms with Crippen LogP contribution in [0.1, 0.15) is 33.6 Å². The Bertz CT molecular complexity index is 1220. The van der Waals surface area contributed by atoms with Crippen molar-refractivity contribution in [2.24, 2.45) is 0 Å². The van der Waals surface area contributed by atoms with Gasteiger partial charge in [-0.1, -0.05) is 51.8 Å². The van der Waals surface area contributed by atoms with E-state index < -0.39 is 29.9 Å². The molecule has 6 nitrogen and oxygen atoms in total. The summed E-state index contributed by atoms with van der Waals surface area (Å²) in [5.41, 5.74) is 1.38. The first-order valence-corrected chi connectivity index (χ1v) is 11.7. The molecule has 3 aromatic carbocycles. The zero-order valence-electron chi connectivity index (χ0n) is 16.3. The maximum atomic E-state index is 13.8. The maximum Gasteiger partial charge on any atom is 0.331 e. The highest BCUT2D eigenvalue weighted by molar-refractivity contribution is 14.1. The summed E-state index contributed by atoms with van der Waals surface area (Å²) in [6.45, 7) is 0. The van der Waals surface area contributed by atoms with E-state index in [4.69, 9.17) is 11.6 Å². The lowest BCUT2D eigenvalue weighted by atomic mass is 9.98. The number of hydrogen-bond acceptors (Lipinski definition) is 3. The SMILES string of the molecule is O=C(O)C(c1ccc(Br)cc1)N1C(=O)c2cc(I)ccc2NC(=O)C1c1ccc(Cl)cc1. The topological polar surface area (TPSA) is 86.7 Å². The molecule has 0 spiro atoms. The van der Waals surface area contributed by atoms with Crippen molar-refractivity contribution in [1.82, 2.24) is 4.90 Å². The molecule has 162 valence electrons. The number of carboxylic acids is 1. The molecule has 0 radical (unpaired) electrons. The summed E-state index contributed by atoms with van der Waals surface area (Å²) in [6.07, 6.45) is 0. The summed E-state index contributed by atoms with van der Waals surface area (Å²) in [4.78, 5) is 40.8. The summed E-state index contributed by atoms with van der Waals surface area (Å²) in [7, 11) is 0. The zero-order valence-corrected chi connectivity index (χ0v) is 20.8. The molecule has 1 heterocycles. The molecule has 0 aromatic heterocycles. The predicted molar refractivity (Wildman–Crippen MR) is 133 cm³/mol. The number of hydrogen-bond donors (Lipinski definition) is 2. The van der Waals surface area contributed by atoms with Crippen molar-refractivity contribution in [3.8, 4) is 0 Å². The highest BCUT2D eigenvalue weighted by Gasteiger charge is 2.43. The second kappa shape index (κ2) is 9.21. The van der Waals surface area contributed by atoms with Crippen LogP contribution in [0.15, 0.2) is 71.2 Å². The molecule has 2 atom stereocenters. The first-order valence-electron chi connectivity index (χ1n) is 9.43. The van der Waals surface area contributed by atoms with Crippen molar-refractivity contribution in [2.45, 2.75) is 12.1 Å². The Balaban J connectivity index is 1.95. The Morgan fingerprint density at radius 1 is 1.06 bits per heavy atom. The fourth-order valence-corrected chi connectivity index (χ4v) is 4.56. The monoisotopic (exact) mass is 624 g/mol. The van der Waals surface area contributed by atoms with E-state index in [1.54, 1.807) is 66.7 Å². The molecule has 1 aliphatic heterocycles. The van der Waals surface area contributed by atoms with Crippen molar-refractivity contribution in [1.29, 1.82) is 0 Å². The van der Waals surface area contributed by atoms with Crippen LogP contribution in [0.2, 0.25) is 5.02 Å². The molecule has 0 fully saturated rings. The number of amides is 2. The van der Waals surface area contributed by atoms with Gasteiger partial charge in [0.1, 0.15) is 6.04 Å². The number of benzene rings is 3. The summed E-state index contributed by atoms with van der Waals surface area (Å²) >= 11 is 11.4. The minimum atomic E-state index is -1.40. The number of halogens is 3. The van der Waals surface area contributed by atoms with E-state index in [0.29, 0.717) is 21.8 Å². The highest BCUT2D eigenvalue weighted by atomic mass is 127. The van der Waals surface area contributed by atoms with Gasteiger partial charge in [-0.2, -0.15) is 0 Å². The number of carboxylic acid groups (broad SMARTS) is 1. The molecule has 3 aromatic rings. The maximum absolute atomic E-state index is 13.8. The van der Waals surface area contributed by atoms with Gasteiger partial charge in [0.05, 0.1) is 11.3 Å². The van der Waals surface area contributed by atoms with Gasteiger partial charge < -0.3 is 15.3 Å². The van der Waals surface area contributed by atoms with Crippen molar-refractivity contribution >= 4 is 73.6 Å². The fourth-order valence-electron chi connectivity index (χ4n) is 3.68. The van der Waals surface area contributed by atoms with Gasteiger partial charge in [-0.15, -0.1) is 0 Å². The van der Waals surface area contributed by atoms with Crippen molar-refractivity contribution in [2.75, 3.05) is 5.32 Å². The second-order valence-corrected chi connectivity index (χ2v) is 9.74. The van der Waals surface area contributed by atoms with Crippen LogP contribution >= 0.6 is 50.1 Å². The zero-order chi connectivity index (χ0) is 23.0. The third-order valence-electron chi connectivity index (χ3n) is 5.11. The lowest BCUT2D eigenvalue weighted by Gasteiger charge is -2.34. The number of anilines is 1. The van der Waals surface area contributed by atoms with Crippen molar-refractivity contribution < 1.29 is 19.5 Å². The first-order chi connectivity index (χ1) is 15.3. The van der Waals surface area contributed by atoms with Gasteiger partial charge in [-0.05, 0) is 76.2 Å². The van der Waals surface area contributed by atoms with Crippen LogP contribution in [-0.2, 0) is 9.59 Å². The number of carbonyl (C=O) groups is 3. The Morgan fingerprint density at radius 3 is 2.34 bits per heavy atom. The second-order valence-electron chi connectivity index (χ2n) is 7.14. The summed E-state index contributed by atoms with van der Waals surface area (Å²) in [5, 5.41) is 13.4. The average Bonchev–Trinajstić information content (AvgIpc) is 2.85. The van der Waals surface area contributed by atoms with Crippen LogP contribution in [0.4, 0.5) is 5.69 Å². The van der Waals surface area contributed by atoms with Gasteiger partial charge in [0.15, 0.2) is 6.04 Å². The standard InChI is InChI=1S/C23H15BrClIN2O4/c24-14-5-1-13(2-6-14)20(23(31)32)28-19(12-3-7-15(25)8-4-12)21(29)27-18-10-9-16(26)11-17(18)22(28)30/h1-11,19-20H,(H,27,29)(H,31,32). The minimum absolute atomic E-state index is 0.227. The number of carbonyl (C=O) groups excluding carboxylic acids is 2. The largest absolute Gasteiger partial charge is 0.479 e. The quantitative estimate of drug-likeness (QED) is 0.366. The van der Waals surface area contributed by atoms with Gasteiger partial charge in [0.2, 0.25) is 0 Å². The Hall–Kier alpha value is -2.43. The third-order valence-corrected chi connectivity index (χ3v) is 6.57. The van der Waals surface area contributed by atoms with E-state index >= 15 is 0 Å². The van der Waals surface area contributed by atoms with Gasteiger partial charge >= 0.3 is 5.97 Å².